The molecule has 0 aromatic rings. The molecule has 1 rings (SSSR count). The summed E-state index contributed by atoms with van der Waals surface area (Å²) in [6.45, 7) is 1.89. The van der Waals surface area contributed by atoms with Gasteiger partial charge >= 0.3 is 0 Å². The van der Waals surface area contributed by atoms with Gasteiger partial charge in [-0.1, -0.05) is 6.42 Å². The van der Waals surface area contributed by atoms with E-state index in [0.717, 1.165) is 19.3 Å². The third kappa shape index (κ3) is 3.27. The van der Waals surface area contributed by atoms with Gasteiger partial charge in [0.2, 0.25) is 5.91 Å². The van der Waals surface area contributed by atoms with Crippen LogP contribution in [-0.2, 0) is 4.79 Å². The fraction of sp³-hybridized carbons (Fsp3) is 0.900. The highest BCUT2D eigenvalue weighted by molar-refractivity contribution is 5.80. The molecule has 1 aliphatic rings. The summed E-state index contributed by atoms with van der Waals surface area (Å²) in [7, 11) is 1.66. The summed E-state index contributed by atoms with van der Waals surface area (Å²) < 4.78 is 0. The van der Waals surface area contributed by atoms with Gasteiger partial charge in [-0.05, 0) is 26.2 Å². The molecule has 0 saturated heterocycles. The lowest BCUT2D eigenvalue weighted by Crippen LogP contribution is -2.48. The topological polar surface area (TPSA) is 67.2 Å². The minimum atomic E-state index is -0.115. The van der Waals surface area contributed by atoms with Gasteiger partial charge in [0.25, 0.3) is 0 Å². The molecule has 0 heterocycles. The molecule has 14 heavy (non-hydrogen) atoms. The highest BCUT2D eigenvalue weighted by Gasteiger charge is 2.22. The molecule has 0 bridgehead atoms. The minimum Gasteiger partial charge on any atom is -0.358 e. The number of amides is 1. The Labute approximate surface area is 85.6 Å². The minimum absolute atomic E-state index is 0.0455. The lowest BCUT2D eigenvalue weighted by atomic mass is 9.91. The summed E-state index contributed by atoms with van der Waals surface area (Å²) in [6.07, 6.45) is 4.40. The van der Waals surface area contributed by atoms with E-state index >= 15 is 0 Å². The smallest absolute Gasteiger partial charge is 0.236 e. The van der Waals surface area contributed by atoms with Crippen LogP contribution >= 0.6 is 0 Å². The number of rotatable bonds is 3. The Balaban J connectivity index is 2.32. The fourth-order valence-electron chi connectivity index (χ4n) is 2.02. The Kier molecular flexibility index (Phi) is 4.35. The first kappa shape index (κ1) is 11.5. The van der Waals surface area contributed by atoms with Crippen molar-refractivity contribution in [1.29, 1.82) is 0 Å². The zero-order chi connectivity index (χ0) is 10.6. The number of likely N-dealkylation sites (N-methyl/N-ethyl adjacent to an activating group) is 1. The van der Waals surface area contributed by atoms with E-state index in [1.807, 2.05) is 6.92 Å². The van der Waals surface area contributed by atoms with E-state index in [0.29, 0.717) is 12.1 Å². The molecule has 3 unspecified atom stereocenters. The van der Waals surface area contributed by atoms with E-state index in [9.17, 15) is 4.79 Å². The van der Waals surface area contributed by atoms with Crippen molar-refractivity contribution >= 4 is 5.91 Å². The zero-order valence-corrected chi connectivity index (χ0v) is 9.05. The molecule has 0 radical (unpaired) electrons. The molecule has 0 aliphatic heterocycles. The van der Waals surface area contributed by atoms with Crippen LogP contribution in [0.5, 0.6) is 0 Å². The number of nitrogens with one attached hydrogen (secondary N) is 2. The second-order valence-electron chi connectivity index (χ2n) is 4.13. The van der Waals surface area contributed by atoms with Crippen molar-refractivity contribution in [3.8, 4) is 0 Å². The van der Waals surface area contributed by atoms with Gasteiger partial charge in [0, 0.05) is 19.1 Å². The first-order valence-electron chi connectivity index (χ1n) is 5.36. The number of carbonyl (C=O) groups is 1. The van der Waals surface area contributed by atoms with Crippen molar-refractivity contribution in [3.63, 3.8) is 0 Å². The van der Waals surface area contributed by atoms with Crippen molar-refractivity contribution in [3.05, 3.63) is 0 Å². The average molecular weight is 199 g/mol. The lowest BCUT2D eigenvalue weighted by Gasteiger charge is -2.29. The van der Waals surface area contributed by atoms with Crippen molar-refractivity contribution in [2.24, 2.45) is 5.73 Å². The van der Waals surface area contributed by atoms with Crippen LogP contribution in [0, 0.1) is 0 Å². The number of carbonyl (C=O) groups excluding carboxylic acids is 1. The molecule has 1 amide bonds. The highest BCUT2D eigenvalue weighted by Crippen LogP contribution is 2.17. The number of hydrogen-bond acceptors (Lipinski definition) is 3. The first-order valence-corrected chi connectivity index (χ1v) is 5.36. The van der Waals surface area contributed by atoms with E-state index in [1.54, 1.807) is 7.05 Å². The Morgan fingerprint density at radius 2 is 2.21 bits per heavy atom. The van der Waals surface area contributed by atoms with E-state index in [1.165, 1.54) is 6.42 Å². The molecule has 4 heteroatoms. The standard InChI is InChI=1S/C10H21N3O/c1-7(10(14)12-2)13-9-5-3-4-8(11)6-9/h7-9,13H,3-6,11H2,1-2H3,(H,12,14). The SMILES string of the molecule is CNC(=O)C(C)NC1CCCC(N)C1. The average Bonchev–Trinajstić information content (AvgIpc) is 2.16. The van der Waals surface area contributed by atoms with Crippen LogP contribution in [0.1, 0.15) is 32.6 Å². The van der Waals surface area contributed by atoms with Crippen molar-refractivity contribution < 1.29 is 4.79 Å². The molecule has 0 aromatic heterocycles. The van der Waals surface area contributed by atoms with Gasteiger partial charge < -0.3 is 16.4 Å². The predicted molar refractivity (Wildman–Crippen MR) is 56.9 cm³/mol. The van der Waals surface area contributed by atoms with E-state index in [2.05, 4.69) is 10.6 Å². The Morgan fingerprint density at radius 3 is 2.79 bits per heavy atom. The van der Waals surface area contributed by atoms with E-state index in [-0.39, 0.29) is 11.9 Å². The summed E-state index contributed by atoms with van der Waals surface area (Å²) >= 11 is 0. The molecular formula is C10H21N3O. The Hall–Kier alpha value is -0.610. The van der Waals surface area contributed by atoms with Crippen molar-refractivity contribution in [1.82, 2.24) is 10.6 Å². The summed E-state index contributed by atoms with van der Waals surface area (Å²) in [5.74, 6) is 0.0455. The van der Waals surface area contributed by atoms with Crippen LogP contribution in [-0.4, -0.2) is 31.1 Å². The summed E-state index contributed by atoms with van der Waals surface area (Å²) in [6, 6.07) is 0.597. The third-order valence-electron chi connectivity index (χ3n) is 2.84. The molecule has 4 nitrogen and oxygen atoms in total. The van der Waals surface area contributed by atoms with Gasteiger partial charge in [-0.3, -0.25) is 4.79 Å². The Morgan fingerprint density at radius 1 is 1.50 bits per heavy atom. The maximum Gasteiger partial charge on any atom is 0.236 e. The van der Waals surface area contributed by atoms with Crippen LogP contribution in [0.4, 0.5) is 0 Å². The Bertz CT molecular complexity index is 196. The predicted octanol–water partition coefficient (Wildman–Crippen LogP) is -0.0196. The quantitative estimate of drug-likeness (QED) is 0.598. The van der Waals surface area contributed by atoms with E-state index < -0.39 is 0 Å². The van der Waals surface area contributed by atoms with Gasteiger partial charge in [0.05, 0.1) is 6.04 Å². The van der Waals surface area contributed by atoms with Crippen LogP contribution in [0.2, 0.25) is 0 Å². The summed E-state index contributed by atoms with van der Waals surface area (Å²) in [4.78, 5) is 11.3. The van der Waals surface area contributed by atoms with Gasteiger partial charge in [-0.2, -0.15) is 0 Å². The normalized spacial score (nSPS) is 29.6. The van der Waals surface area contributed by atoms with Crippen molar-refractivity contribution in [2.45, 2.75) is 50.7 Å². The van der Waals surface area contributed by atoms with Crippen LogP contribution < -0.4 is 16.4 Å². The van der Waals surface area contributed by atoms with E-state index in [4.69, 9.17) is 5.73 Å². The second kappa shape index (κ2) is 5.32. The molecule has 0 aromatic carbocycles. The maximum atomic E-state index is 11.3. The molecule has 1 saturated carbocycles. The third-order valence-corrected chi connectivity index (χ3v) is 2.84. The van der Waals surface area contributed by atoms with Gasteiger partial charge in [0.1, 0.15) is 0 Å². The monoisotopic (exact) mass is 199 g/mol. The van der Waals surface area contributed by atoms with Gasteiger partial charge in [0.15, 0.2) is 0 Å². The van der Waals surface area contributed by atoms with Crippen molar-refractivity contribution in [2.75, 3.05) is 7.05 Å². The van der Waals surface area contributed by atoms with Crippen LogP contribution in [0.25, 0.3) is 0 Å². The molecule has 3 atom stereocenters. The number of nitrogens with two attached hydrogens (primary N) is 1. The highest BCUT2D eigenvalue weighted by atomic mass is 16.2. The maximum absolute atomic E-state index is 11.3. The summed E-state index contributed by atoms with van der Waals surface area (Å²) in [5.41, 5.74) is 5.87. The molecule has 0 spiro atoms. The largest absolute Gasteiger partial charge is 0.358 e. The number of hydrogen-bond donors (Lipinski definition) is 3. The van der Waals surface area contributed by atoms with Crippen LogP contribution in [0.3, 0.4) is 0 Å². The lowest BCUT2D eigenvalue weighted by molar-refractivity contribution is -0.122. The molecule has 1 fully saturated rings. The molecular weight excluding hydrogens is 178 g/mol. The fourth-order valence-corrected chi connectivity index (χ4v) is 2.02. The molecule has 1 aliphatic carbocycles. The molecule has 4 N–H and O–H groups in total. The van der Waals surface area contributed by atoms with Crippen LogP contribution in [0.15, 0.2) is 0 Å². The van der Waals surface area contributed by atoms with Gasteiger partial charge in [-0.25, -0.2) is 0 Å². The molecule has 82 valence electrons. The summed E-state index contributed by atoms with van der Waals surface area (Å²) in [5, 5.41) is 5.94. The second-order valence-corrected chi connectivity index (χ2v) is 4.13. The van der Waals surface area contributed by atoms with Gasteiger partial charge in [-0.15, -0.1) is 0 Å². The first-order chi connectivity index (χ1) is 6.63. The zero-order valence-electron chi connectivity index (χ0n) is 9.05.